The SMILES string of the molecule is Cc1cccc(-c2ccc3c(c2)oc2c(C)cccc23)c1. The average Bonchev–Trinajstić information content (AvgIpc) is 2.87. The van der Waals surface area contributed by atoms with Crippen molar-refractivity contribution >= 4 is 21.9 Å². The summed E-state index contributed by atoms with van der Waals surface area (Å²) in [5.74, 6) is 0. The first-order chi connectivity index (χ1) is 10.2. The minimum absolute atomic E-state index is 0.957. The Bertz CT molecular complexity index is 960. The van der Waals surface area contributed by atoms with E-state index in [1.165, 1.54) is 33.0 Å². The Morgan fingerprint density at radius 1 is 0.714 bits per heavy atom. The third kappa shape index (κ3) is 1.93. The van der Waals surface area contributed by atoms with Gasteiger partial charge >= 0.3 is 0 Å². The van der Waals surface area contributed by atoms with Crippen LogP contribution >= 0.6 is 0 Å². The minimum Gasteiger partial charge on any atom is -0.456 e. The molecule has 102 valence electrons. The molecular formula is C20H16O. The van der Waals surface area contributed by atoms with E-state index in [0.717, 1.165) is 11.2 Å². The van der Waals surface area contributed by atoms with Crippen LogP contribution in [0.2, 0.25) is 0 Å². The predicted molar refractivity (Wildman–Crippen MR) is 88.6 cm³/mol. The number of rotatable bonds is 1. The lowest BCUT2D eigenvalue weighted by Crippen LogP contribution is -1.79. The number of aryl methyl sites for hydroxylation is 2. The van der Waals surface area contributed by atoms with Crippen LogP contribution in [0.3, 0.4) is 0 Å². The van der Waals surface area contributed by atoms with Crippen molar-refractivity contribution in [1.29, 1.82) is 0 Å². The zero-order chi connectivity index (χ0) is 14.4. The van der Waals surface area contributed by atoms with Crippen molar-refractivity contribution in [2.45, 2.75) is 13.8 Å². The van der Waals surface area contributed by atoms with Crippen LogP contribution in [0.15, 0.2) is 65.1 Å². The number of para-hydroxylation sites is 1. The second-order valence-electron chi connectivity index (χ2n) is 5.63. The largest absolute Gasteiger partial charge is 0.456 e. The van der Waals surface area contributed by atoms with Gasteiger partial charge in [0.15, 0.2) is 0 Å². The Labute approximate surface area is 123 Å². The fourth-order valence-corrected chi connectivity index (χ4v) is 2.94. The summed E-state index contributed by atoms with van der Waals surface area (Å²) >= 11 is 0. The number of hydrogen-bond donors (Lipinski definition) is 0. The van der Waals surface area contributed by atoms with Crippen LogP contribution in [0.4, 0.5) is 0 Å². The van der Waals surface area contributed by atoms with Crippen molar-refractivity contribution in [3.8, 4) is 11.1 Å². The van der Waals surface area contributed by atoms with Gasteiger partial charge in [-0.1, -0.05) is 54.1 Å². The standard InChI is InChI=1S/C20H16O/c1-13-5-3-7-15(11-13)16-9-10-17-18-8-4-6-14(2)20(18)21-19(17)12-16/h3-12H,1-2H3. The monoisotopic (exact) mass is 272 g/mol. The Kier molecular flexibility index (Phi) is 2.61. The molecule has 1 heterocycles. The maximum absolute atomic E-state index is 6.08. The molecule has 0 saturated heterocycles. The third-order valence-electron chi connectivity index (χ3n) is 4.05. The predicted octanol–water partition coefficient (Wildman–Crippen LogP) is 5.87. The molecule has 0 N–H and O–H groups in total. The van der Waals surface area contributed by atoms with Gasteiger partial charge in [0, 0.05) is 10.8 Å². The van der Waals surface area contributed by atoms with Crippen molar-refractivity contribution in [3.63, 3.8) is 0 Å². The molecule has 0 radical (unpaired) electrons. The summed E-state index contributed by atoms with van der Waals surface area (Å²) in [5, 5.41) is 2.38. The van der Waals surface area contributed by atoms with E-state index in [2.05, 4.69) is 74.5 Å². The molecule has 3 aromatic carbocycles. The Hall–Kier alpha value is -2.54. The molecule has 0 aliphatic rings. The highest BCUT2D eigenvalue weighted by Crippen LogP contribution is 2.33. The second kappa shape index (κ2) is 4.49. The van der Waals surface area contributed by atoms with Gasteiger partial charge in [0.2, 0.25) is 0 Å². The van der Waals surface area contributed by atoms with Crippen molar-refractivity contribution in [2.24, 2.45) is 0 Å². The zero-order valence-corrected chi connectivity index (χ0v) is 12.2. The molecule has 4 rings (SSSR count). The van der Waals surface area contributed by atoms with Gasteiger partial charge in [-0.05, 0) is 42.7 Å². The van der Waals surface area contributed by atoms with Gasteiger partial charge < -0.3 is 4.42 Å². The first-order valence-electron chi connectivity index (χ1n) is 7.21. The van der Waals surface area contributed by atoms with Crippen LogP contribution in [0, 0.1) is 13.8 Å². The summed E-state index contributed by atoms with van der Waals surface area (Å²) in [6, 6.07) is 21.3. The summed E-state index contributed by atoms with van der Waals surface area (Å²) in [5.41, 5.74) is 6.83. The van der Waals surface area contributed by atoms with E-state index in [0.29, 0.717) is 0 Å². The van der Waals surface area contributed by atoms with Crippen molar-refractivity contribution < 1.29 is 4.42 Å². The van der Waals surface area contributed by atoms with Crippen LogP contribution in [-0.2, 0) is 0 Å². The number of furan rings is 1. The number of benzene rings is 3. The maximum atomic E-state index is 6.08. The molecule has 1 heteroatoms. The van der Waals surface area contributed by atoms with Crippen LogP contribution in [0.5, 0.6) is 0 Å². The Morgan fingerprint density at radius 2 is 1.52 bits per heavy atom. The Morgan fingerprint density at radius 3 is 2.38 bits per heavy atom. The van der Waals surface area contributed by atoms with Crippen LogP contribution < -0.4 is 0 Å². The fraction of sp³-hybridized carbons (Fsp3) is 0.100. The van der Waals surface area contributed by atoms with E-state index in [4.69, 9.17) is 4.42 Å². The molecule has 0 fully saturated rings. The highest BCUT2D eigenvalue weighted by molar-refractivity contribution is 6.06. The van der Waals surface area contributed by atoms with Crippen molar-refractivity contribution in [3.05, 3.63) is 71.8 Å². The van der Waals surface area contributed by atoms with E-state index in [1.807, 2.05) is 0 Å². The smallest absolute Gasteiger partial charge is 0.138 e. The summed E-state index contributed by atoms with van der Waals surface area (Å²) in [7, 11) is 0. The quantitative estimate of drug-likeness (QED) is 0.422. The first-order valence-corrected chi connectivity index (χ1v) is 7.21. The molecule has 21 heavy (non-hydrogen) atoms. The van der Waals surface area contributed by atoms with Gasteiger partial charge in [0.25, 0.3) is 0 Å². The molecule has 1 nitrogen and oxygen atoms in total. The van der Waals surface area contributed by atoms with Crippen LogP contribution in [0.1, 0.15) is 11.1 Å². The number of fused-ring (bicyclic) bond motifs is 3. The molecular weight excluding hydrogens is 256 g/mol. The highest BCUT2D eigenvalue weighted by atomic mass is 16.3. The lowest BCUT2D eigenvalue weighted by Gasteiger charge is -2.02. The molecule has 0 aliphatic heterocycles. The lowest BCUT2D eigenvalue weighted by molar-refractivity contribution is 0.666. The van der Waals surface area contributed by atoms with Gasteiger partial charge in [-0.25, -0.2) is 0 Å². The Balaban J connectivity index is 1.98. The van der Waals surface area contributed by atoms with Gasteiger partial charge in [-0.3, -0.25) is 0 Å². The van der Waals surface area contributed by atoms with E-state index in [-0.39, 0.29) is 0 Å². The van der Waals surface area contributed by atoms with Crippen molar-refractivity contribution in [2.75, 3.05) is 0 Å². The van der Waals surface area contributed by atoms with Gasteiger partial charge in [-0.2, -0.15) is 0 Å². The molecule has 0 saturated carbocycles. The summed E-state index contributed by atoms with van der Waals surface area (Å²) < 4.78 is 6.08. The summed E-state index contributed by atoms with van der Waals surface area (Å²) in [6.45, 7) is 4.21. The maximum Gasteiger partial charge on any atom is 0.138 e. The fourth-order valence-electron chi connectivity index (χ4n) is 2.94. The van der Waals surface area contributed by atoms with Crippen LogP contribution in [0.25, 0.3) is 33.1 Å². The second-order valence-corrected chi connectivity index (χ2v) is 5.63. The van der Waals surface area contributed by atoms with E-state index >= 15 is 0 Å². The highest BCUT2D eigenvalue weighted by Gasteiger charge is 2.09. The molecule has 0 unspecified atom stereocenters. The molecule has 0 atom stereocenters. The first kappa shape index (κ1) is 12.2. The van der Waals surface area contributed by atoms with E-state index in [9.17, 15) is 0 Å². The average molecular weight is 272 g/mol. The van der Waals surface area contributed by atoms with E-state index < -0.39 is 0 Å². The molecule has 0 spiro atoms. The minimum atomic E-state index is 0.957. The molecule has 0 aliphatic carbocycles. The van der Waals surface area contributed by atoms with E-state index in [1.54, 1.807) is 0 Å². The van der Waals surface area contributed by atoms with Gasteiger partial charge in [-0.15, -0.1) is 0 Å². The molecule has 4 aromatic rings. The van der Waals surface area contributed by atoms with Crippen LogP contribution in [-0.4, -0.2) is 0 Å². The lowest BCUT2D eigenvalue weighted by atomic mass is 10.0. The molecule has 0 bridgehead atoms. The zero-order valence-electron chi connectivity index (χ0n) is 12.2. The third-order valence-corrected chi connectivity index (χ3v) is 4.05. The molecule has 0 amide bonds. The summed E-state index contributed by atoms with van der Waals surface area (Å²) in [6.07, 6.45) is 0. The topological polar surface area (TPSA) is 13.1 Å². The normalized spacial score (nSPS) is 11.3. The number of hydrogen-bond acceptors (Lipinski definition) is 1. The van der Waals surface area contributed by atoms with Gasteiger partial charge in [0.05, 0.1) is 0 Å². The van der Waals surface area contributed by atoms with Crippen molar-refractivity contribution in [1.82, 2.24) is 0 Å². The summed E-state index contributed by atoms with van der Waals surface area (Å²) in [4.78, 5) is 0. The molecule has 1 aromatic heterocycles. The van der Waals surface area contributed by atoms with Gasteiger partial charge in [0.1, 0.15) is 11.2 Å².